The minimum Gasteiger partial charge on any atom is -0.507 e. The van der Waals surface area contributed by atoms with Crippen molar-refractivity contribution in [3.05, 3.63) is 28.8 Å². The molecule has 1 aromatic carbocycles. The van der Waals surface area contributed by atoms with Gasteiger partial charge < -0.3 is 14.7 Å². The van der Waals surface area contributed by atoms with E-state index in [1.54, 1.807) is 0 Å². The maximum absolute atomic E-state index is 12.5. The predicted molar refractivity (Wildman–Crippen MR) is 167 cm³/mol. The molecule has 0 fully saturated rings. The number of esters is 1. The highest BCUT2D eigenvalue weighted by Gasteiger charge is 2.33. The highest BCUT2D eigenvalue weighted by molar-refractivity contribution is 6.02. The fourth-order valence-corrected chi connectivity index (χ4v) is 5.39. The number of phenols is 1. The van der Waals surface area contributed by atoms with Crippen LogP contribution in [0, 0.1) is 0 Å². The minimum absolute atomic E-state index is 0.151. The van der Waals surface area contributed by atoms with Crippen LogP contribution in [0.25, 0.3) is 0 Å². The van der Waals surface area contributed by atoms with Crippen LogP contribution in [0.15, 0.2) is 17.3 Å². The SMILES string of the molecule is CCCCCCCCCCCCCCCC(=O)OC(C)C1CC(c2cc(C(C)(C)C)c(O)c(C(C)(C)C)c2)=NO1. The summed E-state index contributed by atoms with van der Waals surface area (Å²) in [6.45, 7) is 16.8. The van der Waals surface area contributed by atoms with Gasteiger partial charge in [-0.3, -0.25) is 4.79 Å². The summed E-state index contributed by atoms with van der Waals surface area (Å²) in [5, 5.41) is 15.4. The molecule has 1 aliphatic rings. The topological polar surface area (TPSA) is 68.1 Å². The van der Waals surface area contributed by atoms with Crippen molar-refractivity contribution in [3.63, 3.8) is 0 Å². The first kappa shape index (κ1) is 34.2. The molecule has 0 aromatic heterocycles. The second-order valence-electron chi connectivity index (χ2n) is 14.0. The number of unbranched alkanes of at least 4 members (excludes halogenated alkanes) is 12. The number of benzene rings is 1. The van der Waals surface area contributed by atoms with Gasteiger partial charge in [-0.05, 0) is 36.3 Å². The quantitative estimate of drug-likeness (QED) is 0.153. The van der Waals surface area contributed by atoms with Crippen LogP contribution < -0.4 is 0 Å². The summed E-state index contributed by atoms with van der Waals surface area (Å²) in [6.07, 6.45) is 17.1. The Morgan fingerprint density at radius 3 is 1.77 bits per heavy atom. The van der Waals surface area contributed by atoms with E-state index in [2.05, 4.69) is 53.6 Å². The summed E-state index contributed by atoms with van der Waals surface area (Å²) in [6, 6.07) is 4.06. The van der Waals surface area contributed by atoms with E-state index in [1.807, 2.05) is 19.1 Å². The molecule has 5 nitrogen and oxygen atoms in total. The Hall–Kier alpha value is -2.04. The number of oxime groups is 1. The van der Waals surface area contributed by atoms with Crippen molar-refractivity contribution in [1.29, 1.82) is 0 Å². The van der Waals surface area contributed by atoms with E-state index in [0.717, 1.165) is 35.2 Å². The van der Waals surface area contributed by atoms with Gasteiger partial charge in [-0.2, -0.15) is 0 Å². The Balaban J connectivity index is 1.71. The number of hydrogen-bond donors (Lipinski definition) is 1. The Kier molecular flexibility index (Phi) is 14.0. The van der Waals surface area contributed by atoms with Crippen LogP contribution in [-0.4, -0.2) is 29.0 Å². The van der Waals surface area contributed by atoms with Crippen molar-refractivity contribution in [3.8, 4) is 5.75 Å². The first-order valence-corrected chi connectivity index (χ1v) is 16.1. The zero-order valence-corrected chi connectivity index (χ0v) is 27.0. The molecule has 0 saturated heterocycles. The molecule has 40 heavy (non-hydrogen) atoms. The third kappa shape index (κ3) is 11.4. The van der Waals surface area contributed by atoms with E-state index < -0.39 is 0 Å². The summed E-state index contributed by atoms with van der Waals surface area (Å²) >= 11 is 0. The van der Waals surface area contributed by atoms with Crippen molar-refractivity contribution < 1.29 is 19.5 Å². The first-order chi connectivity index (χ1) is 18.8. The zero-order valence-electron chi connectivity index (χ0n) is 27.0. The molecule has 1 heterocycles. The maximum Gasteiger partial charge on any atom is 0.306 e. The Labute approximate surface area is 245 Å². The number of phenolic OH excluding ortho intramolecular Hbond substituents is 1. The minimum atomic E-state index is -0.364. The van der Waals surface area contributed by atoms with Gasteiger partial charge in [-0.1, -0.05) is 131 Å². The molecule has 2 unspecified atom stereocenters. The van der Waals surface area contributed by atoms with E-state index in [9.17, 15) is 9.90 Å². The van der Waals surface area contributed by atoms with Gasteiger partial charge in [0.25, 0.3) is 0 Å². The zero-order chi connectivity index (χ0) is 29.8. The Morgan fingerprint density at radius 2 is 1.32 bits per heavy atom. The molecular weight excluding hydrogens is 498 g/mol. The van der Waals surface area contributed by atoms with E-state index in [4.69, 9.17) is 9.57 Å². The molecule has 2 atom stereocenters. The average molecular weight is 558 g/mol. The van der Waals surface area contributed by atoms with Crippen molar-refractivity contribution in [2.75, 3.05) is 0 Å². The largest absolute Gasteiger partial charge is 0.507 e. The second kappa shape index (κ2) is 16.4. The van der Waals surface area contributed by atoms with Crippen LogP contribution in [-0.2, 0) is 25.2 Å². The number of aromatic hydroxyl groups is 1. The van der Waals surface area contributed by atoms with Gasteiger partial charge in [0.1, 0.15) is 11.9 Å². The molecule has 228 valence electrons. The Morgan fingerprint density at radius 1 is 0.875 bits per heavy atom. The third-order valence-corrected chi connectivity index (χ3v) is 8.08. The predicted octanol–water partition coefficient (Wildman–Crippen LogP) is 9.89. The van der Waals surface area contributed by atoms with Crippen LogP contribution >= 0.6 is 0 Å². The maximum atomic E-state index is 12.5. The molecule has 0 amide bonds. The summed E-state index contributed by atoms with van der Waals surface area (Å²) in [5.74, 6) is 0.206. The number of carbonyl (C=O) groups excluding carboxylic acids is 1. The van der Waals surface area contributed by atoms with Crippen LogP contribution in [0.4, 0.5) is 0 Å². The lowest BCUT2D eigenvalue weighted by Crippen LogP contribution is -2.29. The van der Waals surface area contributed by atoms with Crippen molar-refractivity contribution >= 4 is 11.7 Å². The van der Waals surface area contributed by atoms with Gasteiger partial charge >= 0.3 is 5.97 Å². The summed E-state index contributed by atoms with van der Waals surface area (Å²) in [4.78, 5) is 18.2. The van der Waals surface area contributed by atoms with Crippen molar-refractivity contribution in [1.82, 2.24) is 0 Å². The summed E-state index contributed by atoms with van der Waals surface area (Å²) in [5.41, 5.74) is 3.17. The molecule has 1 aliphatic heterocycles. The molecule has 0 spiro atoms. The van der Waals surface area contributed by atoms with Gasteiger partial charge in [0.2, 0.25) is 0 Å². The smallest absolute Gasteiger partial charge is 0.306 e. The standard InChI is InChI=1S/C35H59NO4/c1-9-10-11-12-13-14-15-16-17-18-19-20-21-22-32(37)39-26(2)31-25-30(36-40-31)27-23-28(34(3,4)5)33(38)29(24-27)35(6,7)8/h23-24,26,31,38H,9-22,25H2,1-8H3. The lowest BCUT2D eigenvalue weighted by Gasteiger charge is -2.28. The highest BCUT2D eigenvalue weighted by atomic mass is 16.7. The van der Waals surface area contributed by atoms with Crippen molar-refractivity contribution in [2.45, 2.75) is 175 Å². The normalized spacial score (nSPS) is 16.5. The summed E-state index contributed by atoms with van der Waals surface area (Å²) < 4.78 is 5.72. The van der Waals surface area contributed by atoms with E-state index >= 15 is 0 Å². The van der Waals surface area contributed by atoms with Gasteiger partial charge in [0.05, 0.1) is 5.71 Å². The molecule has 1 N–H and O–H groups in total. The van der Waals surface area contributed by atoms with Crippen LogP contribution in [0.3, 0.4) is 0 Å². The molecular formula is C35H59NO4. The number of ether oxygens (including phenoxy) is 1. The average Bonchev–Trinajstić information content (AvgIpc) is 3.36. The van der Waals surface area contributed by atoms with Crippen LogP contribution in [0.1, 0.15) is 168 Å². The van der Waals surface area contributed by atoms with E-state index in [-0.39, 0.29) is 29.0 Å². The Bertz CT molecular complexity index is 903. The molecule has 5 heteroatoms. The van der Waals surface area contributed by atoms with Gasteiger partial charge in [0.15, 0.2) is 6.10 Å². The lowest BCUT2D eigenvalue weighted by atomic mass is 9.78. The number of rotatable bonds is 17. The molecule has 0 saturated carbocycles. The number of hydrogen-bond acceptors (Lipinski definition) is 5. The van der Waals surface area contributed by atoms with Gasteiger partial charge in [-0.15, -0.1) is 0 Å². The highest BCUT2D eigenvalue weighted by Crippen LogP contribution is 2.40. The molecule has 0 radical (unpaired) electrons. The van der Waals surface area contributed by atoms with E-state index in [0.29, 0.717) is 18.6 Å². The third-order valence-electron chi connectivity index (χ3n) is 8.08. The molecule has 2 rings (SSSR count). The van der Waals surface area contributed by atoms with Gasteiger partial charge in [-0.25, -0.2) is 0 Å². The fraction of sp³-hybridized carbons (Fsp3) is 0.771. The summed E-state index contributed by atoms with van der Waals surface area (Å²) in [7, 11) is 0. The fourth-order valence-electron chi connectivity index (χ4n) is 5.39. The van der Waals surface area contributed by atoms with Crippen LogP contribution in [0.2, 0.25) is 0 Å². The van der Waals surface area contributed by atoms with Crippen molar-refractivity contribution in [2.24, 2.45) is 5.16 Å². The molecule has 0 bridgehead atoms. The molecule has 1 aromatic rings. The van der Waals surface area contributed by atoms with Gasteiger partial charge in [0, 0.05) is 29.5 Å². The lowest BCUT2D eigenvalue weighted by molar-refractivity contribution is -0.155. The number of nitrogens with zero attached hydrogens (tertiary/aromatic N) is 1. The number of carbonyl (C=O) groups is 1. The second-order valence-corrected chi connectivity index (χ2v) is 14.0. The first-order valence-electron chi connectivity index (χ1n) is 16.1. The monoisotopic (exact) mass is 557 g/mol. The van der Waals surface area contributed by atoms with E-state index in [1.165, 1.54) is 70.6 Å². The molecule has 0 aliphatic carbocycles. The van der Waals surface area contributed by atoms with Crippen LogP contribution in [0.5, 0.6) is 5.75 Å².